The van der Waals surface area contributed by atoms with Gasteiger partial charge in [0.1, 0.15) is 0 Å². The molecule has 9 heteroatoms. The molecule has 0 spiro atoms. The molecule has 5 rings (SSSR count). The van der Waals surface area contributed by atoms with Crippen molar-refractivity contribution in [2.24, 2.45) is 4.99 Å². The molecule has 1 aromatic heterocycles. The number of carbonyl (C=O) groups is 1. The van der Waals surface area contributed by atoms with Gasteiger partial charge in [-0.05, 0) is 40.5 Å². The van der Waals surface area contributed by atoms with Crippen LogP contribution in [0.4, 0.5) is 13.2 Å². The summed E-state index contributed by atoms with van der Waals surface area (Å²) in [5.41, 5.74) is 5.14. The quantitative estimate of drug-likeness (QED) is 0.602. The Kier molecular flexibility index (Phi) is 5.11. The maximum atomic E-state index is 13.1. The van der Waals surface area contributed by atoms with Crippen LogP contribution in [-0.4, -0.2) is 33.6 Å². The number of fused-ring (bicyclic) bond motifs is 2. The van der Waals surface area contributed by atoms with Crippen LogP contribution >= 0.6 is 0 Å². The van der Waals surface area contributed by atoms with E-state index in [-0.39, 0.29) is 24.9 Å². The van der Waals surface area contributed by atoms with Crippen LogP contribution in [0, 0.1) is 0 Å². The SMILES string of the molecule is COc1ncc(C2=NCc3cc4c(cc32)CN(Cc2cccc(C(F)(F)F)c2)C(=O)C4)cn1. The lowest BCUT2D eigenvalue weighted by molar-refractivity contribution is -0.137. The van der Waals surface area contributed by atoms with E-state index in [0.29, 0.717) is 18.7 Å². The second-order valence-electron chi connectivity index (χ2n) is 8.03. The Hall–Kier alpha value is -3.75. The van der Waals surface area contributed by atoms with Crippen LogP contribution in [0.15, 0.2) is 53.8 Å². The molecular formula is C24H19F3N4O2. The summed E-state index contributed by atoms with van der Waals surface area (Å²) in [4.78, 5) is 27.3. The summed E-state index contributed by atoms with van der Waals surface area (Å²) < 4.78 is 44.2. The molecule has 0 aliphatic carbocycles. The number of benzene rings is 2. The molecule has 2 aliphatic rings. The largest absolute Gasteiger partial charge is 0.467 e. The van der Waals surface area contributed by atoms with Crippen LogP contribution in [0.2, 0.25) is 0 Å². The molecule has 0 saturated heterocycles. The van der Waals surface area contributed by atoms with E-state index >= 15 is 0 Å². The van der Waals surface area contributed by atoms with Gasteiger partial charge < -0.3 is 9.64 Å². The van der Waals surface area contributed by atoms with Crippen molar-refractivity contribution < 1.29 is 22.7 Å². The van der Waals surface area contributed by atoms with Crippen molar-refractivity contribution in [3.05, 3.63) is 87.7 Å². The van der Waals surface area contributed by atoms with E-state index in [1.54, 1.807) is 23.4 Å². The summed E-state index contributed by atoms with van der Waals surface area (Å²) in [6.07, 6.45) is -0.899. The Morgan fingerprint density at radius 3 is 2.58 bits per heavy atom. The van der Waals surface area contributed by atoms with E-state index in [4.69, 9.17) is 4.74 Å². The molecule has 0 unspecified atom stereocenters. The van der Waals surface area contributed by atoms with Gasteiger partial charge in [0.05, 0.1) is 31.4 Å². The maximum absolute atomic E-state index is 13.1. The number of aliphatic imine (C=N–C) groups is 1. The summed E-state index contributed by atoms with van der Waals surface area (Å²) >= 11 is 0. The Labute approximate surface area is 187 Å². The number of methoxy groups -OCH3 is 1. The van der Waals surface area contributed by atoms with Crippen LogP contribution in [0.1, 0.15) is 38.9 Å². The first-order valence-electron chi connectivity index (χ1n) is 10.3. The molecular weight excluding hydrogens is 433 g/mol. The smallest absolute Gasteiger partial charge is 0.416 e. The summed E-state index contributed by atoms with van der Waals surface area (Å²) in [5.74, 6) is -0.109. The van der Waals surface area contributed by atoms with Gasteiger partial charge in [-0.1, -0.05) is 18.2 Å². The summed E-state index contributed by atoms with van der Waals surface area (Å²) in [7, 11) is 1.50. The zero-order valence-electron chi connectivity index (χ0n) is 17.7. The highest BCUT2D eigenvalue weighted by atomic mass is 19.4. The Bertz CT molecular complexity index is 1270. The second kappa shape index (κ2) is 7.99. The van der Waals surface area contributed by atoms with Gasteiger partial charge >= 0.3 is 12.2 Å². The standard InChI is InChI=1S/C24H19F3N4O2/c1-33-23-29-10-18(11-30-23)22-20-7-17-13-31(21(32)8-15(17)6-16(20)9-28-22)12-14-3-2-4-19(5-14)24(25,26)27/h2-7,10-11H,8-9,12-13H2,1H3. The lowest BCUT2D eigenvalue weighted by Crippen LogP contribution is -2.36. The third kappa shape index (κ3) is 4.06. The predicted molar refractivity (Wildman–Crippen MR) is 114 cm³/mol. The van der Waals surface area contributed by atoms with Crippen molar-refractivity contribution in [2.75, 3.05) is 7.11 Å². The monoisotopic (exact) mass is 452 g/mol. The fraction of sp³-hybridized carbons (Fsp3) is 0.250. The number of amides is 1. The molecule has 0 bridgehead atoms. The van der Waals surface area contributed by atoms with Crippen LogP contribution in [-0.2, 0) is 37.0 Å². The van der Waals surface area contributed by atoms with Crippen LogP contribution < -0.4 is 4.74 Å². The zero-order valence-corrected chi connectivity index (χ0v) is 17.7. The minimum Gasteiger partial charge on any atom is -0.467 e. The molecule has 33 heavy (non-hydrogen) atoms. The molecule has 0 atom stereocenters. The fourth-order valence-electron chi connectivity index (χ4n) is 4.22. The molecule has 1 amide bonds. The zero-order chi connectivity index (χ0) is 23.2. The number of rotatable bonds is 4. The molecule has 0 fully saturated rings. The molecule has 0 saturated carbocycles. The van der Waals surface area contributed by atoms with Gasteiger partial charge in [-0.2, -0.15) is 13.2 Å². The van der Waals surface area contributed by atoms with E-state index in [1.807, 2.05) is 12.1 Å². The third-order valence-corrected chi connectivity index (χ3v) is 5.86. The summed E-state index contributed by atoms with van der Waals surface area (Å²) in [5, 5.41) is 0. The topological polar surface area (TPSA) is 67.7 Å². The highest BCUT2D eigenvalue weighted by Gasteiger charge is 2.31. The number of carbonyl (C=O) groups excluding carboxylic acids is 1. The number of ether oxygens (including phenoxy) is 1. The van der Waals surface area contributed by atoms with Crippen LogP contribution in [0.25, 0.3) is 0 Å². The van der Waals surface area contributed by atoms with Crippen LogP contribution in [0.5, 0.6) is 6.01 Å². The number of halogens is 3. The van der Waals surface area contributed by atoms with Crippen molar-refractivity contribution in [1.29, 1.82) is 0 Å². The minimum atomic E-state index is -4.42. The Balaban J connectivity index is 1.41. The van der Waals surface area contributed by atoms with E-state index in [0.717, 1.165) is 45.7 Å². The minimum absolute atomic E-state index is 0.109. The molecule has 0 radical (unpaired) electrons. The molecule has 3 aromatic rings. The third-order valence-electron chi connectivity index (χ3n) is 5.86. The molecule has 3 heterocycles. The van der Waals surface area contributed by atoms with Gasteiger partial charge in [-0.15, -0.1) is 0 Å². The lowest BCUT2D eigenvalue weighted by atomic mass is 9.91. The van der Waals surface area contributed by atoms with Crippen molar-refractivity contribution in [3.63, 3.8) is 0 Å². The van der Waals surface area contributed by atoms with Crippen molar-refractivity contribution in [1.82, 2.24) is 14.9 Å². The number of nitrogens with zero attached hydrogens (tertiary/aromatic N) is 4. The average Bonchev–Trinajstić information content (AvgIpc) is 3.20. The maximum Gasteiger partial charge on any atom is 0.416 e. The van der Waals surface area contributed by atoms with E-state index in [1.165, 1.54) is 13.2 Å². The lowest BCUT2D eigenvalue weighted by Gasteiger charge is -2.29. The van der Waals surface area contributed by atoms with Gasteiger partial charge in [0, 0.05) is 36.6 Å². The Morgan fingerprint density at radius 2 is 1.85 bits per heavy atom. The van der Waals surface area contributed by atoms with E-state index < -0.39 is 11.7 Å². The normalized spacial score (nSPS) is 15.2. The molecule has 2 aromatic carbocycles. The van der Waals surface area contributed by atoms with Crippen molar-refractivity contribution in [3.8, 4) is 6.01 Å². The average molecular weight is 452 g/mol. The highest BCUT2D eigenvalue weighted by Crippen LogP contribution is 2.32. The highest BCUT2D eigenvalue weighted by molar-refractivity contribution is 6.15. The first-order valence-corrected chi connectivity index (χ1v) is 10.3. The van der Waals surface area contributed by atoms with E-state index in [9.17, 15) is 18.0 Å². The van der Waals surface area contributed by atoms with Gasteiger partial charge in [-0.3, -0.25) is 9.79 Å². The number of hydrogen-bond acceptors (Lipinski definition) is 5. The molecule has 168 valence electrons. The Morgan fingerprint density at radius 1 is 1.06 bits per heavy atom. The van der Waals surface area contributed by atoms with Crippen molar-refractivity contribution in [2.45, 2.75) is 32.2 Å². The number of aromatic nitrogens is 2. The number of hydrogen-bond donors (Lipinski definition) is 0. The molecule has 6 nitrogen and oxygen atoms in total. The predicted octanol–water partition coefficient (Wildman–Crippen LogP) is 3.94. The second-order valence-corrected chi connectivity index (χ2v) is 8.03. The van der Waals surface area contributed by atoms with Gasteiger partial charge in [-0.25, -0.2) is 9.97 Å². The van der Waals surface area contributed by atoms with Crippen LogP contribution in [0.3, 0.4) is 0 Å². The summed E-state index contributed by atoms with van der Waals surface area (Å²) in [6.45, 7) is 0.947. The van der Waals surface area contributed by atoms with Gasteiger partial charge in [0.15, 0.2) is 0 Å². The molecule has 0 N–H and O–H groups in total. The van der Waals surface area contributed by atoms with Gasteiger partial charge in [0.2, 0.25) is 5.91 Å². The van der Waals surface area contributed by atoms with Gasteiger partial charge in [0.25, 0.3) is 0 Å². The number of alkyl halides is 3. The van der Waals surface area contributed by atoms with E-state index in [2.05, 4.69) is 15.0 Å². The fourth-order valence-corrected chi connectivity index (χ4v) is 4.22. The summed E-state index contributed by atoms with van der Waals surface area (Å²) in [6, 6.07) is 9.40. The first-order chi connectivity index (χ1) is 15.8. The first kappa shape index (κ1) is 21.1. The molecule has 2 aliphatic heterocycles. The van der Waals surface area contributed by atoms with Crippen molar-refractivity contribution >= 4 is 11.6 Å².